The molecule has 1 saturated carbocycles. The molecule has 260 valence electrons. The van der Waals surface area contributed by atoms with Crippen LogP contribution in [0, 0.1) is 11.8 Å². The Morgan fingerprint density at radius 2 is 2.00 bits per heavy atom. The van der Waals surface area contributed by atoms with E-state index in [1.54, 1.807) is 53.0 Å². The van der Waals surface area contributed by atoms with Gasteiger partial charge in [0.05, 0.1) is 29.9 Å². The maximum absolute atomic E-state index is 14.8. The van der Waals surface area contributed by atoms with Crippen molar-refractivity contribution in [3.63, 3.8) is 0 Å². The van der Waals surface area contributed by atoms with Crippen molar-refractivity contribution in [1.82, 2.24) is 10.0 Å². The number of nitrogens with one attached hydrogen (secondary N) is 2. The van der Waals surface area contributed by atoms with Crippen LogP contribution < -0.4 is 19.7 Å². The largest absolute Gasteiger partial charge is 0.490 e. The number of ether oxygens (including phenoxy) is 3. The fraction of sp³-hybridized carbons (Fsp3) is 0.556. The van der Waals surface area contributed by atoms with Crippen LogP contribution in [0.5, 0.6) is 5.75 Å². The van der Waals surface area contributed by atoms with Gasteiger partial charge in [-0.2, -0.15) is 0 Å². The Hall–Kier alpha value is -3.12. The molecule has 2 bridgehead atoms. The number of urea groups is 1. The van der Waals surface area contributed by atoms with Gasteiger partial charge in [-0.05, 0) is 113 Å². The van der Waals surface area contributed by atoms with Crippen LogP contribution in [0.1, 0.15) is 64.5 Å². The van der Waals surface area contributed by atoms with E-state index in [1.807, 2.05) is 18.2 Å². The average molecular weight is 699 g/mol. The third-order valence-electron chi connectivity index (χ3n) is 10.2. The molecule has 2 aromatic rings. The summed E-state index contributed by atoms with van der Waals surface area (Å²) in [6.07, 6.45) is 8.78. The lowest BCUT2D eigenvalue weighted by molar-refractivity contribution is -0.137. The summed E-state index contributed by atoms with van der Waals surface area (Å²) in [5.74, 6) is 0.522. The number of anilines is 1. The van der Waals surface area contributed by atoms with Gasteiger partial charge in [-0.1, -0.05) is 29.8 Å². The summed E-state index contributed by atoms with van der Waals surface area (Å²) in [6, 6.07) is 10.5. The van der Waals surface area contributed by atoms with Crippen molar-refractivity contribution in [1.29, 1.82) is 0 Å². The fourth-order valence-corrected chi connectivity index (χ4v) is 9.24. The average Bonchev–Trinajstić information content (AvgIpc) is 3.16. The lowest BCUT2D eigenvalue weighted by atomic mass is 9.68. The first kappa shape index (κ1) is 34.7. The molecular weight excluding hydrogens is 652 g/mol. The molecule has 10 nitrogen and oxygen atoms in total. The number of hydrogen-bond donors (Lipinski definition) is 2. The van der Waals surface area contributed by atoms with Gasteiger partial charge in [0.2, 0.25) is 0 Å². The molecule has 1 spiro atoms. The molecule has 2 N–H and O–H groups in total. The summed E-state index contributed by atoms with van der Waals surface area (Å²) in [6.45, 7) is 8.78. The van der Waals surface area contributed by atoms with E-state index in [0.717, 1.165) is 49.4 Å². The van der Waals surface area contributed by atoms with Gasteiger partial charge in [-0.25, -0.2) is 13.7 Å². The van der Waals surface area contributed by atoms with Crippen molar-refractivity contribution in [2.24, 2.45) is 16.2 Å². The molecule has 5 atom stereocenters. The number of halogens is 1. The van der Waals surface area contributed by atoms with Crippen LogP contribution in [0.2, 0.25) is 5.02 Å². The lowest BCUT2D eigenvalue weighted by Gasteiger charge is -2.46. The predicted octanol–water partition coefficient (Wildman–Crippen LogP) is 6.20. The quantitative estimate of drug-likeness (QED) is 0.367. The Labute approximate surface area is 289 Å². The summed E-state index contributed by atoms with van der Waals surface area (Å²) in [7, 11) is -2.08. The van der Waals surface area contributed by atoms with Gasteiger partial charge >= 0.3 is 6.03 Å². The van der Waals surface area contributed by atoms with Crippen LogP contribution in [0.3, 0.4) is 0 Å². The monoisotopic (exact) mass is 698 g/mol. The molecule has 0 unspecified atom stereocenters. The standard InChI is InChI=1S/C36H47ClN4O6S/c1-23(2)38-34(43)40-48(44)27-12-15-32-30(19-27)41(21-36(22-46-32)16-6-8-24-18-26(37)11-14-29(24)36)20-25-10-13-28(25)31(45-5)9-7-17-47-35(3,4)33(42)39-48/h7,9,11-12,14-15,18-19,23,25,28,31H,6,8,10,13,16-17,20-22H2,1-5H3,(H2,38,39,40,42,43,44)/t25-,28+,31-,36-,48+/m0/s1. The number of carbonyl (C=O) groups is 2. The molecule has 2 heterocycles. The Balaban J connectivity index is 1.50. The van der Waals surface area contributed by atoms with E-state index in [2.05, 4.69) is 31.4 Å². The molecule has 12 heteroatoms. The van der Waals surface area contributed by atoms with Gasteiger partial charge in [0.25, 0.3) is 5.91 Å². The topological polar surface area (TPSA) is 119 Å². The number of carbonyl (C=O) groups excluding carboxylic acids is 2. The van der Waals surface area contributed by atoms with E-state index < -0.39 is 27.5 Å². The van der Waals surface area contributed by atoms with Crippen LogP contribution in [0.15, 0.2) is 57.8 Å². The third kappa shape index (κ3) is 6.97. The Morgan fingerprint density at radius 3 is 2.73 bits per heavy atom. The maximum atomic E-state index is 14.8. The Kier molecular flexibility index (Phi) is 9.88. The molecule has 2 aliphatic heterocycles. The highest BCUT2D eigenvalue weighted by molar-refractivity contribution is 7.92. The number of amides is 3. The Bertz CT molecular complexity index is 1720. The van der Waals surface area contributed by atoms with Gasteiger partial charge in [-0.3, -0.25) is 4.79 Å². The SMILES string of the molecule is CO[C@H]1C=CCOC(C)(C)C(=O)N=[S@@](=O)(NC(=O)NC(C)C)c2ccc3c(c2)N(C[C@@H]2CC[C@H]21)C[C@@]1(CCCc2cc(Cl)ccc21)CO3. The minimum atomic E-state index is -3.81. The summed E-state index contributed by atoms with van der Waals surface area (Å²) in [5, 5.41) is 3.44. The fourth-order valence-electron chi connectivity index (χ4n) is 7.49. The molecule has 0 radical (unpaired) electrons. The van der Waals surface area contributed by atoms with Crippen molar-refractivity contribution < 1.29 is 28.0 Å². The van der Waals surface area contributed by atoms with E-state index in [0.29, 0.717) is 30.7 Å². The molecular formula is C36H47ClN4O6S. The zero-order chi connectivity index (χ0) is 34.3. The molecule has 2 aromatic carbocycles. The molecule has 4 aliphatic rings. The third-order valence-corrected chi connectivity index (χ3v) is 12.2. The molecule has 2 aliphatic carbocycles. The van der Waals surface area contributed by atoms with Crippen molar-refractivity contribution in [3.8, 4) is 5.75 Å². The van der Waals surface area contributed by atoms with E-state index in [4.69, 9.17) is 25.8 Å². The first-order valence-electron chi connectivity index (χ1n) is 16.9. The van der Waals surface area contributed by atoms with Gasteiger partial charge < -0.3 is 24.4 Å². The molecule has 1 fully saturated rings. The van der Waals surface area contributed by atoms with Crippen LogP contribution in [-0.2, 0) is 36.0 Å². The number of fused-ring (bicyclic) bond motifs is 4. The van der Waals surface area contributed by atoms with Crippen molar-refractivity contribution >= 4 is 39.1 Å². The lowest BCUT2D eigenvalue weighted by Crippen LogP contribution is -2.49. The molecule has 3 amide bonds. The number of aryl methyl sites for hydroxylation is 1. The van der Waals surface area contributed by atoms with Crippen LogP contribution in [0.25, 0.3) is 0 Å². The zero-order valence-corrected chi connectivity index (χ0v) is 30.0. The molecule has 0 saturated heterocycles. The van der Waals surface area contributed by atoms with Gasteiger partial charge in [0.1, 0.15) is 11.4 Å². The second-order valence-corrected chi connectivity index (χ2v) is 16.7. The Morgan fingerprint density at radius 1 is 1.19 bits per heavy atom. The molecule has 48 heavy (non-hydrogen) atoms. The number of rotatable bonds is 3. The minimum absolute atomic E-state index is 0.105. The number of methoxy groups -OCH3 is 1. The van der Waals surface area contributed by atoms with Crippen molar-refractivity contribution in [2.75, 3.05) is 38.3 Å². The smallest absolute Gasteiger partial charge is 0.327 e. The second kappa shape index (κ2) is 13.7. The van der Waals surface area contributed by atoms with Gasteiger partial charge in [-0.15, -0.1) is 4.36 Å². The normalized spacial score (nSPS) is 29.9. The van der Waals surface area contributed by atoms with E-state index in [1.165, 1.54) is 11.1 Å². The zero-order valence-electron chi connectivity index (χ0n) is 28.4. The van der Waals surface area contributed by atoms with Gasteiger partial charge in [0, 0.05) is 36.7 Å². The number of nitrogens with zero attached hydrogens (tertiary/aromatic N) is 2. The van der Waals surface area contributed by atoms with Crippen molar-refractivity contribution in [3.05, 3.63) is 64.7 Å². The summed E-state index contributed by atoms with van der Waals surface area (Å²) in [4.78, 5) is 29.2. The summed E-state index contributed by atoms with van der Waals surface area (Å²) in [5.41, 5.74) is 1.54. The first-order chi connectivity index (χ1) is 22.8. The first-order valence-corrected chi connectivity index (χ1v) is 18.8. The number of hydrogen-bond acceptors (Lipinski definition) is 7. The van der Waals surface area contributed by atoms with Gasteiger partial charge in [0.15, 0.2) is 9.92 Å². The van der Waals surface area contributed by atoms with Crippen LogP contribution >= 0.6 is 11.6 Å². The van der Waals surface area contributed by atoms with Crippen molar-refractivity contribution in [2.45, 2.75) is 87.9 Å². The van der Waals surface area contributed by atoms with E-state index in [9.17, 15) is 13.8 Å². The predicted molar refractivity (Wildman–Crippen MR) is 187 cm³/mol. The maximum Gasteiger partial charge on any atom is 0.327 e. The number of benzene rings is 2. The molecule has 6 rings (SSSR count). The minimum Gasteiger partial charge on any atom is -0.490 e. The van der Waals surface area contributed by atoms with Crippen LogP contribution in [-0.4, -0.2) is 67.3 Å². The highest BCUT2D eigenvalue weighted by Crippen LogP contribution is 2.47. The highest BCUT2D eigenvalue weighted by atomic mass is 35.5. The summed E-state index contributed by atoms with van der Waals surface area (Å²) < 4.78 is 40.1. The summed E-state index contributed by atoms with van der Waals surface area (Å²) >= 11 is 6.45. The second-order valence-electron chi connectivity index (χ2n) is 14.3. The van der Waals surface area contributed by atoms with Crippen LogP contribution in [0.4, 0.5) is 10.5 Å². The van der Waals surface area contributed by atoms with E-state index >= 15 is 0 Å². The highest BCUT2D eigenvalue weighted by Gasteiger charge is 2.44. The van der Waals surface area contributed by atoms with E-state index in [-0.39, 0.29) is 29.1 Å². The molecule has 0 aromatic heterocycles.